The van der Waals surface area contributed by atoms with Crippen molar-refractivity contribution in [3.63, 3.8) is 0 Å². The van der Waals surface area contributed by atoms with Gasteiger partial charge in [-0.3, -0.25) is 4.79 Å². The molecule has 0 unspecified atom stereocenters. The van der Waals surface area contributed by atoms with Crippen molar-refractivity contribution < 1.29 is 9.69 Å². The van der Waals surface area contributed by atoms with E-state index in [0.29, 0.717) is 6.54 Å². The van der Waals surface area contributed by atoms with Gasteiger partial charge in [0.25, 0.3) is 5.91 Å². The largest absolute Gasteiger partial charge is 0.336 e. The van der Waals surface area contributed by atoms with Crippen molar-refractivity contribution >= 4 is 11.9 Å². The van der Waals surface area contributed by atoms with Crippen molar-refractivity contribution in [2.24, 2.45) is 0 Å². The second-order valence-corrected chi connectivity index (χ2v) is 6.60. The van der Waals surface area contributed by atoms with E-state index >= 15 is 0 Å². The predicted octanol–water partition coefficient (Wildman–Crippen LogP) is 0.229. The van der Waals surface area contributed by atoms with Gasteiger partial charge in [-0.05, 0) is 18.6 Å². The van der Waals surface area contributed by atoms with Crippen LogP contribution in [0.3, 0.4) is 0 Å². The molecule has 0 radical (unpaired) electrons. The quantitative estimate of drug-likeness (QED) is 0.847. The first-order valence-corrected chi connectivity index (χ1v) is 8.80. The van der Waals surface area contributed by atoms with Crippen molar-refractivity contribution in [1.82, 2.24) is 14.9 Å². The van der Waals surface area contributed by atoms with Crippen LogP contribution < -0.4 is 9.80 Å². The van der Waals surface area contributed by atoms with Gasteiger partial charge in [0.1, 0.15) is 0 Å². The van der Waals surface area contributed by atoms with Crippen LogP contribution in [0.25, 0.3) is 0 Å². The molecule has 1 aromatic heterocycles. The summed E-state index contributed by atoms with van der Waals surface area (Å²) in [5.74, 6) is 0.977. The zero-order valence-electron chi connectivity index (χ0n) is 14.9. The lowest BCUT2D eigenvalue weighted by Gasteiger charge is -2.35. The van der Waals surface area contributed by atoms with E-state index in [1.54, 1.807) is 12.4 Å². The average Bonchev–Trinajstić information content (AvgIpc) is 2.68. The normalized spacial score (nSPS) is 16.5. The Balaban J connectivity index is 1.53. The monoisotopic (exact) mass is 340 g/mol. The van der Waals surface area contributed by atoms with Gasteiger partial charge >= 0.3 is 0 Å². The maximum absolute atomic E-state index is 12.8. The van der Waals surface area contributed by atoms with Gasteiger partial charge in [0, 0.05) is 26.0 Å². The first kappa shape index (κ1) is 17.4. The molecule has 2 heterocycles. The number of likely N-dealkylation sites (N-methyl/N-ethyl adjacent to an activating group) is 1. The molecule has 1 N–H and O–H groups in total. The van der Waals surface area contributed by atoms with Gasteiger partial charge in [-0.15, -0.1) is 0 Å². The summed E-state index contributed by atoms with van der Waals surface area (Å²) in [6.07, 6.45) is 3.54. The van der Waals surface area contributed by atoms with Crippen LogP contribution in [0.4, 0.5) is 5.95 Å². The van der Waals surface area contributed by atoms with Crippen molar-refractivity contribution in [3.8, 4) is 0 Å². The Morgan fingerprint density at radius 2 is 1.80 bits per heavy atom. The van der Waals surface area contributed by atoms with Crippen LogP contribution in [0.1, 0.15) is 12.5 Å². The number of nitrogens with zero attached hydrogens (tertiary/aromatic N) is 4. The fourth-order valence-electron chi connectivity index (χ4n) is 3.32. The third-order valence-electron chi connectivity index (χ3n) is 4.86. The van der Waals surface area contributed by atoms with Crippen LogP contribution in [0.15, 0.2) is 48.8 Å². The number of hydrogen-bond acceptors (Lipinski definition) is 4. The van der Waals surface area contributed by atoms with E-state index in [1.165, 1.54) is 4.90 Å². The second-order valence-electron chi connectivity index (χ2n) is 6.60. The molecule has 1 saturated heterocycles. The van der Waals surface area contributed by atoms with Crippen molar-refractivity contribution in [3.05, 3.63) is 54.4 Å². The first-order chi connectivity index (χ1) is 12.1. The molecule has 1 amide bonds. The highest BCUT2D eigenvalue weighted by molar-refractivity contribution is 5.79. The Kier molecular flexibility index (Phi) is 5.60. The number of nitrogens with one attached hydrogen (secondary N) is 1. The molecule has 0 aliphatic carbocycles. The third kappa shape index (κ3) is 4.33. The first-order valence-electron chi connectivity index (χ1n) is 8.80. The number of quaternary nitrogens is 1. The molecule has 1 atom stereocenters. The van der Waals surface area contributed by atoms with Crippen molar-refractivity contribution in [1.29, 1.82) is 0 Å². The van der Waals surface area contributed by atoms with E-state index in [2.05, 4.69) is 27.0 Å². The predicted molar refractivity (Wildman–Crippen MR) is 97.3 cm³/mol. The standard InChI is InChI=1S/C19H25N5O/c1-16(18(25)22(2)15-17-7-4-3-5-8-17)23-11-13-24(14-12-23)19-20-9-6-10-21-19/h3-10,16H,11-15H2,1-2H3/p+1/t16-/m1/s1. The Labute approximate surface area is 149 Å². The van der Waals surface area contributed by atoms with Crippen LogP contribution in [-0.2, 0) is 11.3 Å². The number of rotatable bonds is 5. The molecule has 1 fully saturated rings. The molecule has 0 bridgehead atoms. The molecule has 3 rings (SSSR count). The lowest BCUT2D eigenvalue weighted by atomic mass is 10.1. The Hall–Kier alpha value is -2.47. The van der Waals surface area contributed by atoms with Crippen LogP contribution in [-0.4, -0.2) is 60.0 Å². The van der Waals surface area contributed by atoms with Gasteiger partial charge < -0.3 is 14.7 Å². The highest BCUT2D eigenvalue weighted by Crippen LogP contribution is 2.06. The van der Waals surface area contributed by atoms with Gasteiger partial charge in [0.15, 0.2) is 6.04 Å². The number of piperazine rings is 1. The summed E-state index contributed by atoms with van der Waals surface area (Å²) in [7, 11) is 1.89. The molecule has 6 nitrogen and oxygen atoms in total. The molecule has 1 aliphatic heterocycles. The van der Waals surface area contributed by atoms with E-state index < -0.39 is 0 Å². The maximum atomic E-state index is 12.8. The molecular weight excluding hydrogens is 314 g/mol. The maximum Gasteiger partial charge on any atom is 0.280 e. The van der Waals surface area contributed by atoms with Gasteiger partial charge in [-0.25, -0.2) is 9.97 Å². The summed E-state index contributed by atoms with van der Waals surface area (Å²) < 4.78 is 0. The molecule has 0 spiro atoms. The fourth-order valence-corrected chi connectivity index (χ4v) is 3.32. The van der Waals surface area contributed by atoms with E-state index in [9.17, 15) is 4.79 Å². The minimum absolute atomic E-state index is 0.0347. The SMILES string of the molecule is C[C@H](C(=O)N(C)Cc1ccccc1)[NH+]1CCN(c2ncccn2)CC1. The fraction of sp³-hybridized carbons (Fsp3) is 0.421. The summed E-state index contributed by atoms with van der Waals surface area (Å²) in [6.45, 7) is 6.28. The van der Waals surface area contributed by atoms with Gasteiger partial charge in [0.2, 0.25) is 5.95 Å². The molecule has 6 heteroatoms. The Bertz CT molecular complexity index is 671. The van der Waals surface area contributed by atoms with Gasteiger partial charge in [-0.1, -0.05) is 30.3 Å². The van der Waals surface area contributed by atoms with Crippen LogP contribution in [0.2, 0.25) is 0 Å². The minimum atomic E-state index is -0.0347. The van der Waals surface area contributed by atoms with E-state index in [-0.39, 0.29) is 11.9 Å². The van der Waals surface area contributed by atoms with E-state index in [4.69, 9.17) is 0 Å². The van der Waals surface area contributed by atoms with E-state index in [0.717, 1.165) is 37.7 Å². The average molecular weight is 340 g/mol. The van der Waals surface area contributed by atoms with Crippen LogP contribution in [0.5, 0.6) is 0 Å². The number of amides is 1. The van der Waals surface area contributed by atoms with Gasteiger partial charge in [-0.2, -0.15) is 0 Å². The molecule has 1 aromatic carbocycles. The summed E-state index contributed by atoms with van der Waals surface area (Å²) in [5.41, 5.74) is 1.16. The molecule has 0 saturated carbocycles. The Morgan fingerprint density at radius 3 is 2.44 bits per heavy atom. The lowest BCUT2D eigenvalue weighted by molar-refractivity contribution is -0.915. The number of carbonyl (C=O) groups excluding carboxylic acids is 1. The number of hydrogen-bond donors (Lipinski definition) is 1. The number of anilines is 1. The highest BCUT2D eigenvalue weighted by Gasteiger charge is 2.31. The topological polar surface area (TPSA) is 53.8 Å². The Morgan fingerprint density at radius 1 is 1.16 bits per heavy atom. The summed E-state index contributed by atoms with van der Waals surface area (Å²) in [4.78, 5) is 26.7. The number of carbonyl (C=O) groups is 1. The second kappa shape index (κ2) is 8.07. The molecule has 1 aliphatic rings. The summed E-state index contributed by atoms with van der Waals surface area (Å²) in [6, 6.07) is 11.9. The van der Waals surface area contributed by atoms with Gasteiger partial charge in [0.05, 0.1) is 26.2 Å². The highest BCUT2D eigenvalue weighted by atomic mass is 16.2. The van der Waals surface area contributed by atoms with Crippen molar-refractivity contribution in [2.45, 2.75) is 19.5 Å². The smallest absolute Gasteiger partial charge is 0.280 e. The number of aromatic nitrogens is 2. The third-order valence-corrected chi connectivity index (χ3v) is 4.86. The molecule has 25 heavy (non-hydrogen) atoms. The summed E-state index contributed by atoms with van der Waals surface area (Å²) in [5, 5.41) is 0. The number of benzene rings is 1. The molecular formula is C19H26N5O+. The molecule has 132 valence electrons. The molecule has 2 aromatic rings. The summed E-state index contributed by atoms with van der Waals surface area (Å²) >= 11 is 0. The van der Waals surface area contributed by atoms with Crippen LogP contribution >= 0.6 is 0 Å². The zero-order chi connectivity index (χ0) is 17.6. The lowest BCUT2D eigenvalue weighted by Crippen LogP contribution is -3.19. The van der Waals surface area contributed by atoms with Crippen LogP contribution in [0, 0.1) is 0 Å². The van der Waals surface area contributed by atoms with Crippen molar-refractivity contribution in [2.75, 3.05) is 38.1 Å². The zero-order valence-corrected chi connectivity index (χ0v) is 14.9. The minimum Gasteiger partial charge on any atom is -0.336 e. The van der Waals surface area contributed by atoms with E-state index in [1.807, 2.05) is 43.1 Å².